The molecule has 0 N–H and O–H groups in total. The number of benzene rings is 2. The van der Waals surface area contributed by atoms with Crippen molar-refractivity contribution in [2.24, 2.45) is 11.8 Å². The van der Waals surface area contributed by atoms with Gasteiger partial charge in [-0.15, -0.1) is 0 Å². The van der Waals surface area contributed by atoms with E-state index in [4.69, 9.17) is 21.1 Å². The molecule has 0 atom stereocenters. The summed E-state index contributed by atoms with van der Waals surface area (Å²) in [5.41, 5.74) is 0. The highest BCUT2D eigenvalue weighted by Gasteiger charge is 2.23. The third kappa shape index (κ3) is 5.33. The van der Waals surface area contributed by atoms with E-state index in [9.17, 15) is 8.78 Å². The second-order valence-electron chi connectivity index (χ2n) is 8.17. The van der Waals surface area contributed by atoms with Gasteiger partial charge >= 0.3 is 0 Å². The number of unbranched alkanes of at least 4 members (excludes halogenated alkanes) is 1. The Morgan fingerprint density at radius 3 is 2.34 bits per heavy atom. The Bertz CT molecular complexity index is 816. The van der Waals surface area contributed by atoms with Crippen LogP contribution in [0.2, 0.25) is 5.02 Å². The molecule has 1 aliphatic carbocycles. The molecule has 0 aliphatic heterocycles. The molecule has 3 rings (SSSR count). The van der Waals surface area contributed by atoms with Gasteiger partial charge in [0, 0.05) is 5.39 Å². The average molecular weight is 425 g/mol. The van der Waals surface area contributed by atoms with Crippen LogP contribution in [0.15, 0.2) is 18.2 Å². The highest BCUT2D eigenvalue weighted by molar-refractivity contribution is 6.36. The van der Waals surface area contributed by atoms with Crippen LogP contribution in [-0.2, 0) is 0 Å². The van der Waals surface area contributed by atoms with Crippen LogP contribution in [-0.4, -0.2) is 13.2 Å². The topological polar surface area (TPSA) is 18.5 Å². The third-order valence-corrected chi connectivity index (χ3v) is 6.30. The van der Waals surface area contributed by atoms with Gasteiger partial charge in [0.2, 0.25) is 0 Å². The first-order valence-corrected chi connectivity index (χ1v) is 11.3. The van der Waals surface area contributed by atoms with Gasteiger partial charge in [-0.25, -0.2) is 8.78 Å². The van der Waals surface area contributed by atoms with E-state index < -0.39 is 11.6 Å². The molecule has 1 saturated carbocycles. The Kier molecular flexibility index (Phi) is 7.99. The lowest BCUT2D eigenvalue weighted by molar-refractivity contribution is 0.174. The molecule has 0 saturated heterocycles. The van der Waals surface area contributed by atoms with Gasteiger partial charge in [0.05, 0.1) is 18.2 Å². The van der Waals surface area contributed by atoms with Crippen LogP contribution in [0.1, 0.15) is 65.2 Å². The Morgan fingerprint density at radius 1 is 0.931 bits per heavy atom. The summed E-state index contributed by atoms with van der Waals surface area (Å²) in [5, 5.41) is 0.312. The number of halogens is 3. The maximum Gasteiger partial charge on any atom is 0.184 e. The van der Waals surface area contributed by atoms with Gasteiger partial charge < -0.3 is 9.47 Å². The molecule has 0 bridgehead atoms. The molecule has 2 aromatic carbocycles. The summed E-state index contributed by atoms with van der Waals surface area (Å²) in [4.78, 5) is 0. The fourth-order valence-corrected chi connectivity index (χ4v) is 4.47. The van der Waals surface area contributed by atoms with E-state index in [1.807, 2.05) is 6.92 Å². The molecular formula is C24H31ClF2O2. The third-order valence-electron chi connectivity index (χ3n) is 5.95. The second-order valence-corrected chi connectivity index (χ2v) is 8.54. The standard InChI is InChI=1S/C24H31ClF2O2/c1-3-5-13-28-19-12-11-18-14-20(24(27)22(25)21(18)23(19)26)29-15-17-9-7-16(6-4-2)8-10-17/h11-12,14,16-17H,3-10,13,15H2,1-2H3. The molecule has 1 aliphatic rings. The molecule has 0 heterocycles. The van der Waals surface area contributed by atoms with Crippen LogP contribution < -0.4 is 9.47 Å². The molecule has 2 aromatic rings. The number of hydrogen-bond acceptors (Lipinski definition) is 2. The van der Waals surface area contributed by atoms with E-state index >= 15 is 0 Å². The van der Waals surface area contributed by atoms with Gasteiger partial charge in [-0.1, -0.05) is 63.6 Å². The van der Waals surface area contributed by atoms with Crippen molar-refractivity contribution >= 4 is 22.4 Å². The quantitative estimate of drug-likeness (QED) is 0.380. The molecule has 0 unspecified atom stereocenters. The van der Waals surface area contributed by atoms with Gasteiger partial charge in [-0.05, 0) is 48.6 Å². The molecule has 0 radical (unpaired) electrons. The van der Waals surface area contributed by atoms with Crippen molar-refractivity contribution in [3.05, 3.63) is 34.9 Å². The normalized spacial score (nSPS) is 19.5. The first kappa shape index (κ1) is 22.1. The maximum absolute atomic E-state index is 14.8. The predicted octanol–water partition coefficient (Wildman–Crippen LogP) is 7.94. The van der Waals surface area contributed by atoms with Crippen LogP contribution in [0.4, 0.5) is 8.78 Å². The summed E-state index contributed by atoms with van der Waals surface area (Å²) in [7, 11) is 0. The summed E-state index contributed by atoms with van der Waals surface area (Å²) < 4.78 is 40.9. The van der Waals surface area contributed by atoms with Crippen LogP contribution >= 0.6 is 11.6 Å². The Balaban J connectivity index is 1.71. The number of ether oxygens (including phenoxy) is 2. The van der Waals surface area contributed by atoms with Gasteiger partial charge in [-0.2, -0.15) is 0 Å². The van der Waals surface area contributed by atoms with Crippen LogP contribution in [0.5, 0.6) is 11.5 Å². The zero-order valence-electron chi connectivity index (χ0n) is 17.4. The summed E-state index contributed by atoms with van der Waals surface area (Å²) in [5.74, 6) is 0.122. The summed E-state index contributed by atoms with van der Waals surface area (Å²) in [6, 6.07) is 4.81. The van der Waals surface area contributed by atoms with Gasteiger partial charge in [0.25, 0.3) is 0 Å². The van der Waals surface area contributed by atoms with Gasteiger partial charge in [0.15, 0.2) is 23.1 Å². The van der Waals surface area contributed by atoms with Crippen molar-refractivity contribution < 1.29 is 18.3 Å². The van der Waals surface area contributed by atoms with Crippen molar-refractivity contribution in [2.75, 3.05) is 13.2 Å². The smallest absolute Gasteiger partial charge is 0.184 e. The van der Waals surface area contributed by atoms with Crippen molar-refractivity contribution in [3.63, 3.8) is 0 Å². The fraction of sp³-hybridized carbons (Fsp3) is 0.583. The number of fused-ring (bicyclic) bond motifs is 1. The zero-order valence-corrected chi connectivity index (χ0v) is 18.2. The number of rotatable bonds is 9. The van der Waals surface area contributed by atoms with E-state index in [1.54, 1.807) is 12.1 Å². The summed E-state index contributed by atoms with van der Waals surface area (Å²) in [6.45, 7) is 5.15. The van der Waals surface area contributed by atoms with Crippen molar-refractivity contribution in [2.45, 2.75) is 65.2 Å². The Hall–Kier alpha value is -1.55. The highest BCUT2D eigenvalue weighted by Crippen LogP contribution is 2.39. The molecule has 0 aromatic heterocycles. The van der Waals surface area contributed by atoms with E-state index in [0.717, 1.165) is 31.6 Å². The SMILES string of the molecule is CCCCOc1ccc2cc(OCC3CCC(CCC)CC3)c(F)c(Cl)c2c1F. The maximum atomic E-state index is 14.8. The highest BCUT2D eigenvalue weighted by atomic mass is 35.5. The van der Waals surface area contributed by atoms with Gasteiger partial charge in [-0.3, -0.25) is 0 Å². The molecule has 0 amide bonds. The first-order chi connectivity index (χ1) is 14.0. The van der Waals surface area contributed by atoms with Crippen LogP contribution in [0, 0.1) is 23.5 Å². The molecule has 2 nitrogen and oxygen atoms in total. The lowest BCUT2D eigenvalue weighted by atomic mass is 9.80. The predicted molar refractivity (Wildman–Crippen MR) is 115 cm³/mol. The molecule has 5 heteroatoms. The van der Waals surface area contributed by atoms with E-state index in [2.05, 4.69) is 6.92 Å². The van der Waals surface area contributed by atoms with E-state index in [0.29, 0.717) is 24.5 Å². The summed E-state index contributed by atoms with van der Waals surface area (Å²) >= 11 is 6.19. The monoisotopic (exact) mass is 424 g/mol. The average Bonchev–Trinajstić information content (AvgIpc) is 2.72. The number of hydrogen-bond donors (Lipinski definition) is 0. The first-order valence-electron chi connectivity index (χ1n) is 10.9. The molecule has 1 fully saturated rings. The second kappa shape index (κ2) is 10.5. The van der Waals surface area contributed by atoms with Crippen LogP contribution in [0.3, 0.4) is 0 Å². The molecular weight excluding hydrogens is 394 g/mol. The minimum Gasteiger partial charge on any atom is -0.490 e. The Morgan fingerprint density at radius 2 is 1.66 bits per heavy atom. The van der Waals surface area contributed by atoms with Crippen LogP contribution in [0.25, 0.3) is 10.8 Å². The summed E-state index contributed by atoms with van der Waals surface area (Å²) in [6.07, 6.45) is 8.95. The lowest BCUT2D eigenvalue weighted by Crippen LogP contribution is -2.20. The molecule has 29 heavy (non-hydrogen) atoms. The Labute approximate surface area is 177 Å². The minimum atomic E-state index is -0.705. The molecule has 0 spiro atoms. The van der Waals surface area contributed by atoms with E-state index in [-0.39, 0.29) is 21.9 Å². The van der Waals surface area contributed by atoms with Crippen molar-refractivity contribution in [3.8, 4) is 11.5 Å². The van der Waals surface area contributed by atoms with Crippen molar-refractivity contribution in [1.82, 2.24) is 0 Å². The van der Waals surface area contributed by atoms with Gasteiger partial charge in [0.1, 0.15) is 0 Å². The zero-order chi connectivity index (χ0) is 20.8. The molecule has 160 valence electrons. The fourth-order valence-electron chi connectivity index (χ4n) is 4.18. The lowest BCUT2D eigenvalue weighted by Gasteiger charge is -2.28. The minimum absolute atomic E-state index is 0.0468. The largest absolute Gasteiger partial charge is 0.490 e. The van der Waals surface area contributed by atoms with E-state index in [1.165, 1.54) is 31.7 Å². The van der Waals surface area contributed by atoms with Crippen molar-refractivity contribution in [1.29, 1.82) is 0 Å².